The van der Waals surface area contributed by atoms with Gasteiger partial charge in [0.05, 0.1) is 23.8 Å². The Morgan fingerprint density at radius 1 is 1.26 bits per heavy atom. The van der Waals surface area contributed by atoms with E-state index in [0.29, 0.717) is 10.9 Å². The van der Waals surface area contributed by atoms with Crippen molar-refractivity contribution in [1.82, 2.24) is 4.90 Å². The number of hydrogen-bond acceptors (Lipinski definition) is 7. The number of methoxy groups -OCH3 is 1. The van der Waals surface area contributed by atoms with E-state index in [4.69, 9.17) is 9.73 Å². The zero-order valence-electron chi connectivity index (χ0n) is 19.0. The Bertz CT molecular complexity index is 1150. The minimum atomic E-state index is -0.638. The predicted molar refractivity (Wildman–Crippen MR) is 132 cm³/mol. The molecule has 2 aromatic carbocycles. The van der Waals surface area contributed by atoms with Crippen LogP contribution in [0.4, 0.5) is 17.1 Å². The number of nitro groups is 1. The van der Waals surface area contributed by atoms with E-state index < -0.39 is 16.1 Å². The first kappa shape index (κ1) is 23.7. The molecule has 1 saturated heterocycles. The summed E-state index contributed by atoms with van der Waals surface area (Å²) in [5.74, 6) is -0.291. The molecule has 1 unspecified atom stereocenters. The highest BCUT2D eigenvalue weighted by Gasteiger charge is 2.43. The van der Waals surface area contributed by atoms with E-state index in [-0.39, 0.29) is 29.7 Å². The zero-order chi connectivity index (χ0) is 24.2. The van der Waals surface area contributed by atoms with Crippen LogP contribution in [0.1, 0.15) is 37.7 Å². The summed E-state index contributed by atoms with van der Waals surface area (Å²) in [5, 5.41) is 14.0. The van der Waals surface area contributed by atoms with Crippen molar-refractivity contribution in [2.45, 2.75) is 50.3 Å². The molecule has 1 N–H and O–H groups in total. The minimum Gasteiger partial charge on any atom is -0.496 e. The van der Waals surface area contributed by atoms with Gasteiger partial charge in [-0.1, -0.05) is 36.7 Å². The lowest BCUT2D eigenvalue weighted by molar-refractivity contribution is -0.384. The van der Waals surface area contributed by atoms with Crippen LogP contribution >= 0.6 is 11.8 Å². The van der Waals surface area contributed by atoms with Crippen LogP contribution in [0, 0.1) is 17.0 Å². The second kappa shape index (κ2) is 10.3. The Hall–Kier alpha value is -3.40. The van der Waals surface area contributed by atoms with Gasteiger partial charge in [-0.2, -0.15) is 0 Å². The molecule has 2 fully saturated rings. The van der Waals surface area contributed by atoms with Crippen molar-refractivity contribution in [2.75, 3.05) is 12.4 Å². The van der Waals surface area contributed by atoms with E-state index in [1.165, 1.54) is 37.1 Å². The number of hydrogen-bond donors (Lipinski definition) is 1. The Kier molecular flexibility index (Phi) is 7.16. The van der Waals surface area contributed by atoms with E-state index in [1.54, 1.807) is 4.90 Å². The monoisotopic (exact) mass is 482 g/mol. The number of amidine groups is 1. The van der Waals surface area contributed by atoms with Crippen LogP contribution in [0.25, 0.3) is 0 Å². The molecule has 1 atom stereocenters. The van der Waals surface area contributed by atoms with E-state index in [9.17, 15) is 19.7 Å². The number of ether oxygens (including phenoxy) is 1. The van der Waals surface area contributed by atoms with Crippen molar-refractivity contribution in [3.05, 3.63) is 58.1 Å². The second-order valence-corrected chi connectivity index (χ2v) is 9.55. The lowest BCUT2D eigenvalue weighted by Crippen LogP contribution is -2.40. The van der Waals surface area contributed by atoms with Gasteiger partial charge < -0.3 is 10.1 Å². The molecule has 0 bridgehead atoms. The molecule has 2 amide bonds. The SMILES string of the molecule is COc1ccc(NC(=O)CC2SC(=Nc3cccc(C)c3)N(C3CCCC3)C2=O)c([N+](=O)[O-])c1. The molecule has 2 aliphatic rings. The molecular formula is C24H26N4O5S. The van der Waals surface area contributed by atoms with Gasteiger partial charge >= 0.3 is 0 Å². The van der Waals surface area contributed by atoms with E-state index in [0.717, 1.165) is 36.9 Å². The number of nitro benzene ring substituents is 1. The number of nitrogens with zero attached hydrogens (tertiary/aromatic N) is 3. The van der Waals surface area contributed by atoms with Gasteiger partial charge in [0.2, 0.25) is 11.8 Å². The number of carbonyl (C=O) groups excluding carboxylic acids is 2. The van der Waals surface area contributed by atoms with E-state index in [1.807, 2.05) is 31.2 Å². The van der Waals surface area contributed by atoms with Crippen molar-refractivity contribution >= 4 is 45.8 Å². The van der Waals surface area contributed by atoms with Gasteiger partial charge in [-0.25, -0.2) is 4.99 Å². The van der Waals surface area contributed by atoms with Crippen molar-refractivity contribution in [3.8, 4) is 5.75 Å². The molecule has 1 heterocycles. The molecule has 1 aliphatic heterocycles. The summed E-state index contributed by atoms with van der Waals surface area (Å²) in [5.41, 5.74) is 1.62. The molecule has 0 aromatic heterocycles. The van der Waals surface area contributed by atoms with Crippen molar-refractivity contribution in [3.63, 3.8) is 0 Å². The molecule has 178 valence electrons. The fraction of sp³-hybridized carbons (Fsp3) is 0.375. The first-order chi connectivity index (χ1) is 16.4. The zero-order valence-corrected chi connectivity index (χ0v) is 19.8. The Labute approximate surface area is 201 Å². The average Bonchev–Trinajstić information content (AvgIpc) is 3.42. The summed E-state index contributed by atoms with van der Waals surface area (Å²) in [6.07, 6.45) is 3.83. The molecule has 9 nitrogen and oxygen atoms in total. The number of rotatable bonds is 7. The van der Waals surface area contributed by atoms with Gasteiger partial charge in [0, 0.05) is 12.5 Å². The summed E-state index contributed by atoms with van der Waals surface area (Å²) < 4.78 is 5.03. The number of anilines is 1. The molecule has 1 saturated carbocycles. The lowest BCUT2D eigenvalue weighted by Gasteiger charge is -2.23. The number of nitrogens with one attached hydrogen (secondary N) is 1. The maximum absolute atomic E-state index is 13.3. The number of benzene rings is 2. The number of carbonyl (C=O) groups is 2. The highest BCUT2D eigenvalue weighted by atomic mass is 32.2. The molecule has 0 spiro atoms. The van der Waals surface area contributed by atoms with E-state index in [2.05, 4.69) is 5.32 Å². The normalized spacial score (nSPS) is 19.6. The van der Waals surface area contributed by atoms with Crippen LogP contribution in [0.2, 0.25) is 0 Å². The smallest absolute Gasteiger partial charge is 0.296 e. The molecule has 4 rings (SSSR count). The summed E-state index contributed by atoms with van der Waals surface area (Å²) in [6.45, 7) is 1.98. The second-order valence-electron chi connectivity index (χ2n) is 8.38. The fourth-order valence-corrected chi connectivity index (χ4v) is 5.48. The molecule has 10 heteroatoms. The third-order valence-electron chi connectivity index (χ3n) is 5.93. The van der Waals surface area contributed by atoms with Crippen LogP contribution in [0.5, 0.6) is 5.75 Å². The van der Waals surface area contributed by atoms with Gasteiger partial charge in [0.15, 0.2) is 5.17 Å². The molecular weight excluding hydrogens is 456 g/mol. The fourth-order valence-electron chi connectivity index (χ4n) is 4.26. The van der Waals surface area contributed by atoms with Crippen molar-refractivity contribution in [1.29, 1.82) is 0 Å². The number of amides is 2. The van der Waals surface area contributed by atoms with Crippen LogP contribution in [0.15, 0.2) is 47.5 Å². The number of aliphatic imine (C=N–C) groups is 1. The van der Waals surface area contributed by atoms with Crippen molar-refractivity contribution < 1.29 is 19.2 Å². The standard InChI is InChI=1S/C24H26N4O5S/c1-15-6-5-7-16(12-15)25-24-27(17-8-3-4-9-17)23(30)21(34-24)14-22(29)26-19-11-10-18(33-2)13-20(19)28(31)32/h5-7,10-13,17,21H,3-4,8-9,14H2,1-2H3,(H,26,29). The summed E-state index contributed by atoms with van der Waals surface area (Å²) in [4.78, 5) is 43.5. The van der Waals surface area contributed by atoms with Gasteiger partial charge in [-0.15, -0.1) is 0 Å². The van der Waals surface area contributed by atoms with Crippen LogP contribution < -0.4 is 10.1 Å². The Morgan fingerprint density at radius 3 is 2.71 bits per heavy atom. The average molecular weight is 483 g/mol. The first-order valence-corrected chi connectivity index (χ1v) is 12.0. The van der Waals surface area contributed by atoms with Crippen LogP contribution in [-0.4, -0.2) is 45.2 Å². The van der Waals surface area contributed by atoms with E-state index >= 15 is 0 Å². The van der Waals surface area contributed by atoms with Crippen LogP contribution in [-0.2, 0) is 9.59 Å². The largest absolute Gasteiger partial charge is 0.496 e. The topological polar surface area (TPSA) is 114 Å². The first-order valence-electron chi connectivity index (χ1n) is 11.1. The molecule has 1 aliphatic carbocycles. The van der Waals surface area contributed by atoms with Crippen LogP contribution in [0.3, 0.4) is 0 Å². The highest BCUT2D eigenvalue weighted by molar-refractivity contribution is 8.15. The maximum Gasteiger partial charge on any atom is 0.296 e. The summed E-state index contributed by atoms with van der Waals surface area (Å²) >= 11 is 1.28. The lowest BCUT2D eigenvalue weighted by atomic mass is 10.2. The Morgan fingerprint density at radius 2 is 2.03 bits per heavy atom. The summed E-state index contributed by atoms with van der Waals surface area (Å²) in [6, 6.07) is 12.0. The Balaban J connectivity index is 1.53. The molecule has 2 aromatic rings. The quantitative estimate of drug-likeness (QED) is 0.447. The third-order valence-corrected chi connectivity index (χ3v) is 7.08. The highest BCUT2D eigenvalue weighted by Crippen LogP contribution is 2.37. The summed E-state index contributed by atoms with van der Waals surface area (Å²) in [7, 11) is 1.41. The van der Waals surface area contributed by atoms with Gasteiger partial charge in [0.25, 0.3) is 5.69 Å². The predicted octanol–water partition coefficient (Wildman–Crippen LogP) is 4.81. The van der Waals surface area contributed by atoms with Gasteiger partial charge in [-0.3, -0.25) is 24.6 Å². The van der Waals surface area contributed by atoms with Gasteiger partial charge in [0.1, 0.15) is 16.7 Å². The van der Waals surface area contributed by atoms with Crippen molar-refractivity contribution in [2.24, 2.45) is 4.99 Å². The third kappa shape index (κ3) is 5.22. The number of thioether (sulfide) groups is 1. The minimum absolute atomic E-state index is 0.0625. The van der Waals surface area contributed by atoms with Gasteiger partial charge in [-0.05, 0) is 49.6 Å². The maximum atomic E-state index is 13.3. The molecule has 34 heavy (non-hydrogen) atoms. The number of aryl methyl sites for hydroxylation is 1. The molecule has 0 radical (unpaired) electrons.